The van der Waals surface area contributed by atoms with Gasteiger partial charge < -0.3 is 24.6 Å². The summed E-state index contributed by atoms with van der Waals surface area (Å²) < 4.78 is 16.5. The molecule has 2 heterocycles. The number of rotatable bonds is 5. The van der Waals surface area contributed by atoms with Crippen LogP contribution in [0.1, 0.15) is 31.2 Å². The monoisotopic (exact) mass is 363 g/mol. The Morgan fingerprint density at radius 1 is 1.23 bits per heavy atom. The molecule has 2 aliphatic rings. The molecule has 26 heavy (non-hydrogen) atoms. The number of carbonyl (C=O) groups is 2. The molecule has 7 nitrogen and oxygen atoms in total. The van der Waals surface area contributed by atoms with Crippen molar-refractivity contribution in [1.82, 2.24) is 5.32 Å². The van der Waals surface area contributed by atoms with Crippen molar-refractivity contribution in [2.45, 2.75) is 43.9 Å². The van der Waals surface area contributed by atoms with Crippen molar-refractivity contribution in [3.8, 4) is 0 Å². The van der Waals surface area contributed by atoms with Crippen LogP contribution in [-0.4, -0.2) is 48.6 Å². The van der Waals surface area contributed by atoms with Gasteiger partial charge >= 0.3 is 12.1 Å². The average molecular weight is 363 g/mol. The van der Waals surface area contributed by atoms with E-state index in [1.807, 2.05) is 30.3 Å². The molecule has 1 aromatic carbocycles. The molecule has 2 N–H and O–H groups in total. The lowest BCUT2D eigenvalue weighted by Gasteiger charge is -2.44. The van der Waals surface area contributed by atoms with Crippen LogP contribution < -0.4 is 5.32 Å². The molecule has 0 bridgehead atoms. The quantitative estimate of drug-likeness (QED) is 0.834. The Morgan fingerprint density at radius 2 is 1.96 bits per heavy atom. The number of carbonyl (C=O) groups excluding carboxylic acids is 1. The highest BCUT2D eigenvalue weighted by Gasteiger charge is 2.43. The molecule has 2 atom stereocenters. The van der Waals surface area contributed by atoms with Crippen LogP contribution in [0.5, 0.6) is 0 Å². The minimum atomic E-state index is -1.05. The molecule has 0 aliphatic carbocycles. The van der Waals surface area contributed by atoms with Crippen LogP contribution in [0.3, 0.4) is 0 Å². The summed E-state index contributed by atoms with van der Waals surface area (Å²) >= 11 is 0. The van der Waals surface area contributed by atoms with Crippen LogP contribution in [0, 0.1) is 5.92 Å². The minimum Gasteiger partial charge on any atom is -0.480 e. The predicted molar refractivity (Wildman–Crippen MR) is 92.6 cm³/mol. The van der Waals surface area contributed by atoms with Gasteiger partial charge in [0.05, 0.1) is 5.60 Å². The zero-order valence-electron chi connectivity index (χ0n) is 14.7. The number of nitrogens with one attached hydrogen (secondary N) is 1. The van der Waals surface area contributed by atoms with Crippen LogP contribution in [-0.2, 0) is 25.6 Å². The van der Waals surface area contributed by atoms with E-state index in [0.717, 1.165) is 18.4 Å². The third kappa shape index (κ3) is 4.74. The summed E-state index contributed by atoms with van der Waals surface area (Å²) in [5.74, 6) is -1.24. The lowest BCUT2D eigenvalue weighted by Crippen LogP contribution is -2.53. The average Bonchev–Trinajstić information content (AvgIpc) is 2.66. The van der Waals surface area contributed by atoms with Gasteiger partial charge in [0.2, 0.25) is 0 Å². The number of amides is 1. The second-order valence-corrected chi connectivity index (χ2v) is 6.92. The van der Waals surface area contributed by atoms with Crippen molar-refractivity contribution < 1.29 is 28.9 Å². The zero-order valence-corrected chi connectivity index (χ0v) is 14.7. The lowest BCUT2D eigenvalue weighted by atomic mass is 9.78. The molecule has 3 rings (SSSR count). The van der Waals surface area contributed by atoms with Crippen LogP contribution in [0.4, 0.5) is 4.79 Å². The molecular weight excluding hydrogens is 338 g/mol. The Morgan fingerprint density at radius 3 is 2.65 bits per heavy atom. The highest BCUT2D eigenvalue weighted by Crippen LogP contribution is 2.38. The van der Waals surface area contributed by atoms with Crippen molar-refractivity contribution in [3.05, 3.63) is 35.9 Å². The van der Waals surface area contributed by atoms with Gasteiger partial charge in [0, 0.05) is 19.8 Å². The predicted octanol–water partition coefficient (Wildman–Crippen LogP) is 2.34. The van der Waals surface area contributed by atoms with Crippen LogP contribution in [0.25, 0.3) is 0 Å². The molecule has 0 radical (unpaired) electrons. The lowest BCUT2D eigenvalue weighted by molar-refractivity contribution is -0.158. The standard InChI is InChI=1S/C19H25NO6/c21-17(22)16(20-18(23)25-13-14-4-2-1-3-5-14)15-6-9-26-19(12-15)7-10-24-11-8-19/h1-5,15-16H,6-13H2,(H,20,23)(H,21,22). The van der Waals surface area contributed by atoms with E-state index < -0.39 is 18.1 Å². The smallest absolute Gasteiger partial charge is 0.408 e. The first kappa shape index (κ1) is 18.7. The Kier molecular flexibility index (Phi) is 6.11. The van der Waals surface area contributed by atoms with E-state index in [0.29, 0.717) is 32.7 Å². The van der Waals surface area contributed by atoms with E-state index in [9.17, 15) is 14.7 Å². The van der Waals surface area contributed by atoms with Crippen molar-refractivity contribution in [2.24, 2.45) is 5.92 Å². The van der Waals surface area contributed by atoms with Gasteiger partial charge in [0.1, 0.15) is 12.6 Å². The third-order valence-electron chi connectivity index (χ3n) is 5.16. The number of hydrogen-bond acceptors (Lipinski definition) is 5. The Balaban J connectivity index is 1.57. The van der Waals surface area contributed by atoms with Gasteiger partial charge in [0.25, 0.3) is 0 Å². The number of ether oxygens (including phenoxy) is 3. The summed E-state index contributed by atoms with van der Waals surface area (Å²) in [5, 5.41) is 12.1. The number of benzene rings is 1. The second-order valence-electron chi connectivity index (χ2n) is 6.92. The van der Waals surface area contributed by atoms with E-state index in [-0.39, 0.29) is 18.1 Å². The second kappa shape index (κ2) is 8.51. The fourth-order valence-electron chi connectivity index (χ4n) is 3.71. The highest BCUT2D eigenvalue weighted by atomic mass is 16.5. The molecule has 1 aromatic rings. The summed E-state index contributed by atoms with van der Waals surface area (Å²) in [4.78, 5) is 23.8. The summed E-state index contributed by atoms with van der Waals surface area (Å²) in [7, 11) is 0. The van der Waals surface area contributed by atoms with Crippen molar-refractivity contribution in [2.75, 3.05) is 19.8 Å². The van der Waals surface area contributed by atoms with E-state index in [2.05, 4.69) is 5.32 Å². The van der Waals surface area contributed by atoms with Crippen molar-refractivity contribution in [1.29, 1.82) is 0 Å². The number of carboxylic acid groups (broad SMARTS) is 1. The Bertz CT molecular complexity index is 608. The number of alkyl carbamates (subject to hydrolysis) is 1. The van der Waals surface area contributed by atoms with E-state index in [1.54, 1.807) is 0 Å². The van der Waals surface area contributed by atoms with Crippen LogP contribution >= 0.6 is 0 Å². The van der Waals surface area contributed by atoms with Crippen molar-refractivity contribution in [3.63, 3.8) is 0 Å². The van der Waals surface area contributed by atoms with Crippen LogP contribution in [0.2, 0.25) is 0 Å². The van der Waals surface area contributed by atoms with Gasteiger partial charge in [-0.1, -0.05) is 30.3 Å². The molecule has 142 valence electrons. The summed E-state index contributed by atoms with van der Waals surface area (Å²) in [6, 6.07) is 8.28. The molecule has 7 heteroatoms. The SMILES string of the molecule is O=C(NC(C(=O)O)C1CCOC2(CCOCC2)C1)OCc1ccccc1. The van der Waals surface area contributed by atoms with Gasteiger partial charge in [-0.3, -0.25) is 0 Å². The molecule has 2 saturated heterocycles. The van der Waals surface area contributed by atoms with E-state index >= 15 is 0 Å². The largest absolute Gasteiger partial charge is 0.480 e. The van der Waals surface area contributed by atoms with Gasteiger partial charge in [-0.05, 0) is 37.2 Å². The summed E-state index contributed by atoms with van der Waals surface area (Å²) in [6.45, 7) is 1.84. The number of aliphatic carboxylic acids is 1. The topological polar surface area (TPSA) is 94.1 Å². The van der Waals surface area contributed by atoms with Gasteiger partial charge in [-0.15, -0.1) is 0 Å². The summed E-state index contributed by atoms with van der Waals surface area (Å²) in [5.41, 5.74) is 0.520. The highest BCUT2D eigenvalue weighted by molar-refractivity contribution is 5.80. The Hall–Kier alpha value is -2.12. The van der Waals surface area contributed by atoms with E-state index in [1.165, 1.54) is 0 Å². The first-order chi connectivity index (χ1) is 12.6. The van der Waals surface area contributed by atoms with Gasteiger partial charge in [0.15, 0.2) is 0 Å². The molecule has 0 aromatic heterocycles. The minimum absolute atomic E-state index is 0.105. The molecule has 0 saturated carbocycles. The van der Waals surface area contributed by atoms with Gasteiger partial charge in [-0.2, -0.15) is 0 Å². The maximum atomic E-state index is 12.1. The molecule has 1 spiro atoms. The zero-order chi connectivity index (χ0) is 18.4. The van der Waals surface area contributed by atoms with Crippen LogP contribution in [0.15, 0.2) is 30.3 Å². The first-order valence-corrected chi connectivity index (χ1v) is 9.00. The molecule has 1 amide bonds. The summed E-state index contributed by atoms with van der Waals surface area (Å²) in [6.07, 6.45) is 2.00. The van der Waals surface area contributed by atoms with Gasteiger partial charge in [-0.25, -0.2) is 9.59 Å². The number of carboxylic acids is 1. The fraction of sp³-hybridized carbons (Fsp3) is 0.579. The van der Waals surface area contributed by atoms with E-state index in [4.69, 9.17) is 14.2 Å². The molecular formula is C19H25NO6. The first-order valence-electron chi connectivity index (χ1n) is 9.00. The third-order valence-corrected chi connectivity index (χ3v) is 5.16. The fourth-order valence-corrected chi connectivity index (χ4v) is 3.71. The Labute approximate surface area is 152 Å². The maximum absolute atomic E-state index is 12.1. The number of hydrogen-bond donors (Lipinski definition) is 2. The maximum Gasteiger partial charge on any atom is 0.408 e. The molecule has 2 fully saturated rings. The molecule has 2 unspecified atom stereocenters. The normalized spacial score (nSPS) is 23.2. The molecule has 2 aliphatic heterocycles. The van der Waals surface area contributed by atoms with Crippen molar-refractivity contribution >= 4 is 12.1 Å².